The predicted molar refractivity (Wildman–Crippen MR) is 119 cm³/mol. The van der Waals surface area contributed by atoms with E-state index in [1.807, 2.05) is 0 Å². The van der Waals surface area contributed by atoms with Gasteiger partial charge in [0.25, 0.3) is 0 Å². The third kappa shape index (κ3) is 16.7. The third-order valence-electron chi connectivity index (χ3n) is 4.21. The molecule has 0 aromatic carbocycles. The van der Waals surface area contributed by atoms with Crippen molar-refractivity contribution in [3.63, 3.8) is 0 Å². The van der Waals surface area contributed by atoms with Crippen LogP contribution in [0.15, 0.2) is 12.2 Å². The van der Waals surface area contributed by atoms with Crippen LogP contribution in [-0.4, -0.2) is 54.4 Å². The molecule has 0 atom stereocenters. The maximum Gasteiger partial charge on any atom is 0.501 e. The number of allylic oxidation sites excluding steroid dienone is 1. The van der Waals surface area contributed by atoms with Crippen LogP contribution in [0.1, 0.15) is 79.1 Å². The molecule has 0 saturated heterocycles. The fraction of sp³-hybridized carbons (Fsp3) is 0.864. The van der Waals surface area contributed by atoms with E-state index in [1.165, 1.54) is 6.08 Å². The molecule has 0 amide bonds. The summed E-state index contributed by atoms with van der Waals surface area (Å²) in [5, 5.41) is 0. The van der Waals surface area contributed by atoms with E-state index in [2.05, 4.69) is 20.8 Å². The van der Waals surface area contributed by atoms with Gasteiger partial charge in [-0.2, -0.15) is 0 Å². The molecule has 0 spiro atoms. The first-order valence-corrected chi connectivity index (χ1v) is 13.4. The SMILES string of the molecule is CC=CC(=O)OCCCOCCC[Si](OCCCC)(OCCCC)OCCCC. The lowest BCUT2D eigenvalue weighted by Gasteiger charge is -2.30. The van der Waals surface area contributed by atoms with Gasteiger partial charge >= 0.3 is 14.8 Å². The summed E-state index contributed by atoms with van der Waals surface area (Å²) in [6, 6.07) is 0.778. The first-order valence-electron chi connectivity index (χ1n) is 11.4. The minimum atomic E-state index is -2.66. The number of hydrogen-bond acceptors (Lipinski definition) is 6. The van der Waals surface area contributed by atoms with Crippen LogP contribution in [0.25, 0.3) is 0 Å². The van der Waals surface area contributed by atoms with Crippen molar-refractivity contribution in [3.05, 3.63) is 12.2 Å². The lowest BCUT2D eigenvalue weighted by molar-refractivity contribution is -0.138. The van der Waals surface area contributed by atoms with Crippen LogP contribution in [0.3, 0.4) is 0 Å². The molecule has 0 aliphatic carbocycles. The van der Waals surface area contributed by atoms with E-state index in [4.69, 9.17) is 22.8 Å². The molecule has 0 heterocycles. The van der Waals surface area contributed by atoms with Gasteiger partial charge in [-0.3, -0.25) is 0 Å². The molecule has 0 aromatic heterocycles. The van der Waals surface area contributed by atoms with Gasteiger partial charge in [0.05, 0.1) is 6.61 Å². The summed E-state index contributed by atoms with van der Waals surface area (Å²) in [5.74, 6) is -0.305. The van der Waals surface area contributed by atoms with E-state index in [1.54, 1.807) is 13.0 Å². The predicted octanol–water partition coefficient (Wildman–Crippen LogP) is 5.29. The molecule has 0 bridgehead atoms. The zero-order valence-electron chi connectivity index (χ0n) is 19.2. The maximum absolute atomic E-state index is 11.2. The minimum Gasteiger partial charge on any atom is -0.462 e. The smallest absolute Gasteiger partial charge is 0.462 e. The van der Waals surface area contributed by atoms with Crippen LogP contribution in [-0.2, 0) is 27.5 Å². The van der Waals surface area contributed by atoms with Crippen molar-refractivity contribution in [1.82, 2.24) is 0 Å². The summed E-state index contributed by atoms with van der Waals surface area (Å²) in [5.41, 5.74) is 0. The van der Waals surface area contributed by atoms with Crippen LogP contribution in [0.5, 0.6) is 0 Å². The normalized spacial score (nSPS) is 12.0. The van der Waals surface area contributed by atoms with E-state index >= 15 is 0 Å². The van der Waals surface area contributed by atoms with E-state index in [0.29, 0.717) is 46.1 Å². The number of carbonyl (C=O) groups is 1. The van der Waals surface area contributed by atoms with Crippen molar-refractivity contribution in [2.45, 2.75) is 85.1 Å². The molecule has 0 fully saturated rings. The molecule has 0 aliphatic rings. The summed E-state index contributed by atoms with van der Waals surface area (Å²) in [7, 11) is -2.66. The first kappa shape index (κ1) is 28.3. The van der Waals surface area contributed by atoms with Gasteiger partial charge in [0.15, 0.2) is 0 Å². The second-order valence-corrected chi connectivity index (χ2v) is 9.76. The Morgan fingerprint density at radius 1 is 0.724 bits per heavy atom. The largest absolute Gasteiger partial charge is 0.501 e. The molecule has 0 rings (SSSR count). The molecule has 0 N–H and O–H groups in total. The van der Waals surface area contributed by atoms with Crippen molar-refractivity contribution in [2.75, 3.05) is 39.6 Å². The molecule has 29 heavy (non-hydrogen) atoms. The number of carbonyl (C=O) groups excluding carboxylic acids is 1. The fourth-order valence-electron chi connectivity index (χ4n) is 2.47. The van der Waals surface area contributed by atoms with Crippen molar-refractivity contribution in [1.29, 1.82) is 0 Å². The van der Waals surface area contributed by atoms with Crippen molar-refractivity contribution >= 4 is 14.8 Å². The third-order valence-corrected chi connectivity index (χ3v) is 7.11. The van der Waals surface area contributed by atoms with E-state index in [0.717, 1.165) is 51.0 Å². The number of ether oxygens (including phenoxy) is 2. The Balaban J connectivity index is 4.34. The second-order valence-electron chi connectivity index (χ2n) is 7.03. The lowest BCUT2D eigenvalue weighted by Crippen LogP contribution is -2.46. The quantitative estimate of drug-likeness (QED) is 0.106. The van der Waals surface area contributed by atoms with Gasteiger partial charge in [0.1, 0.15) is 0 Å². The van der Waals surface area contributed by atoms with Gasteiger partial charge in [-0.05, 0) is 32.6 Å². The van der Waals surface area contributed by atoms with Crippen molar-refractivity contribution in [3.8, 4) is 0 Å². The van der Waals surface area contributed by atoms with Crippen molar-refractivity contribution in [2.24, 2.45) is 0 Å². The molecule has 6 nitrogen and oxygen atoms in total. The Bertz CT molecular complexity index is 376. The number of hydrogen-bond donors (Lipinski definition) is 0. The van der Waals surface area contributed by atoms with Crippen LogP contribution < -0.4 is 0 Å². The Morgan fingerprint density at radius 3 is 1.72 bits per heavy atom. The molecule has 0 aliphatic heterocycles. The van der Waals surface area contributed by atoms with E-state index < -0.39 is 8.80 Å². The Labute approximate surface area is 179 Å². The highest BCUT2D eigenvalue weighted by atomic mass is 28.4. The summed E-state index contributed by atoms with van der Waals surface area (Å²) < 4.78 is 29.4. The second kappa shape index (κ2) is 20.5. The monoisotopic (exact) mass is 432 g/mol. The van der Waals surface area contributed by atoms with Gasteiger partial charge < -0.3 is 22.8 Å². The molecule has 0 saturated carbocycles. The number of rotatable bonds is 21. The van der Waals surface area contributed by atoms with Crippen LogP contribution in [0.2, 0.25) is 6.04 Å². The van der Waals surface area contributed by atoms with Crippen LogP contribution >= 0.6 is 0 Å². The first-order chi connectivity index (χ1) is 14.1. The van der Waals surface area contributed by atoms with E-state index in [9.17, 15) is 4.79 Å². The highest BCUT2D eigenvalue weighted by Gasteiger charge is 2.40. The van der Waals surface area contributed by atoms with E-state index in [-0.39, 0.29) is 5.97 Å². The summed E-state index contributed by atoms with van der Waals surface area (Å²) in [6.07, 6.45) is 11.0. The molecular formula is C22H44O6Si. The molecule has 172 valence electrons. The molecule has 0 radical (unpaired) electrons. The maximum atomic E-state index is 11.2. The van der Waals surface area contributed by atoms with Gasteiger partial charge in [-0.1, -0.05) is 46.1 Å². The van der Waals surface area contributed by atoms with Crippen LogP contribution in [0, 0.1) is 0 Å². The molecule has 7 heteroatoms. The fourth-order valence-corrected chi connectivity index (χ4v) is 5.09. The topological polar surface area (TPSA) is 63.2 Å². The van der Waals surface area contributed by atoms with Crippen LogP contribution in [0.4, 0.5) is 0 Å². The average molecular weight is 433 g/mol. The van der Waals surface area contributed by atoms with Crippen molar-refractivity contribution < 1.29 is 27.5 Å². The molecular weight excluding hydrogens is 388 g/mol. The summed E-state index contributed by atoms with van der Waals surface area (Å²) in [6.45, 7) is 11.9. The molecule has 0 aromatic rings. The van der Waals surface area contributed by atoms with Gasteiger partial charge in [0.2, 0.25) is 0 Å². The Kier molecular flexibility index (Phi) is 20.0. The zero-order valence-corrected chi connectivity index (χ0v) is 20.2. The van der Waals surface area contributed by atoms with Gasteiger partial charge in [0, 0.05) is 51.6 Å². The highest BCUT2D eigenvalue weighted by Crippen LogP contribution is 2.20. The summed E-state index contributed by atoms with van der Waals surface area (Å²) in [4.78, 5) is 11.2. The van der Waals surface area contributed by atoms with Gasteiger partial charge in [-0.25, -0.2) is 4.79 Å². The summed E-state index contributed by atoms with van der Waals surface area (Å²) >= 11 is 0. The minimum absolute atomic E-state index is 0.305. The zero-order chi connectivity index (χ0) is 21.6. The number of unbranched alkanes of at least 4 members (excludes halogenated alkanes) is 3. The Hall–Kier alpha value is -0.733. The average Bonchev–Trinajstić information content (AvgIpc) is 2.70. The highest BCUT2D eigenvalue weighted by molar-refractivity contribution is 6.60. The Morgan fingerprint density at radius 2 is 1.24 bits per heavy atom. The van der Waals surface area contributed by atoms with Gasteiger partial charge in [-0.15, -0.1) is 0 Å². The number of esters is 1. The standard InChI is InChI=1S/C22H44O6Si/c1-5-9-18-26-29(27-19-10-6-2,28-20-11-7-3)21-13-16-24-15-12-17-25-22(23)14-8-4/h8,14H,5-7,9-13,15-21H2,1-4H3. The lowest BCUT2D eigenvalue weighted by atomic mass is 10.4. The molecule has 0 unspecified atom stereocenters.